The molecule has 1 spiro atoms. The Morgan fingerprint density at radius 2 is 2.10 bits per heavy atom. The highest BCUT2D eigenvalue weighted by Crippen LogP contribution is 2.49. The number of nitrogens with zero attached hydrogens (tertiary/aromatic N) is 5. The summed E-state index contributed by atoms with van der Waals surface area (Å²) in [5.41, 5.74) is 2.29. The van der Waals surface area contributed by atoms with Crippen LogP contribution in [-0.4, -0.2) is 60.6 Å². The smallest absolute Gasteiger partial charge is 0.274 e. The molecule has 1 aromatic heterocycles. The molecule has 1 unspecified atom stereocenters. The predicted molar refractivity (Wildman–Crippen MR) is 162 cm³/mol. The number of alkyl halides is 1. The van der Waals surface area contributed by atoms with Gasteiger partial charge in [-0.25, -0.2) is 0 Å². The van der Waals surface area contributed by atoms with E-state index in [4.69, 9.17) is 28.2 Å². The molecule has 4 rings (SSSR count). The minimum atomic E-state index is -0.623. The van der Waals surface area contributed by atoms with Crippen LogP contribution >= 0.6 is 23.2 Å². The van der Waals surface area contributed by atoms with Crippen molar-refractivity contribution in [3.63, 3.8) is 0 Å². The quantitative estimate of drug-likeness (QED) is 0.205. The molecule has 2 aliphatic carbocycles. The lowest BCUT2D eigenvalue weighted by Gasteiger charge is -2.49. The molecule has 4 atom stereocenters. The summed E-state index contributed by atoms with van der Waals surface area (Å²) in [6.07, 6.45) is 12.3. The zero-order valence-electron chi connectivity index (χ0n) is 24.6. The van der Waals surface area contributed by atoms with Gasteiger partial charge in [0.05, 0.1) is 11.9 Å². The minimum absolute atomic E-state index is 0.0744. The number of aromatic nitrogens is 4. The number of hydrogen-bond acceptors (Lipinski definition) is 6. The van der Waals surface area contributed by atoms with Crippen molar-refractivity contribution < 1.29 is 9.59 Å². The maximum Gasteiger partial charge on any atom is 0.274 e. The number of carbonyl (C=O) groups excluding carboxylic acids is 2. The number of aliphatic imine (C=N–C) groups is 1. The van der Waals surface area contributed by atoms with Crippen molar-refractivity contribution in [1.82, 2.24) is 30.8 Å². The van der Waals surface area contributed by atoms with Crippen molar-refractivity contribution in [3.8, 4) is 0 Å². The summed E-state index contributed by atoms with van der Waals surface area (Å²) >= 11 is 12.8. The van der Waals surface area contributed by atoms with Gasteiger partial charge in [0.1, 0.15) is 11.4 Å². The molecule has 1 saturated carbocycles. The summed E-state index contributed by atoms with van der Waals surface area (Å²) in [6, 6.07) is 0. The summed E-state index contributed by atoms with van der Waals surface area (Å²) in [4.78, 5) is 34.3. The maximum atomic E-state index is 14.2. The summed E-state index contributed by atoms with van der Waals surface area (Å²) in [5.74, 6) is 1.20. The second-order valence-electron chi connectivity index (χ2n) is 11.9. The van der Waals surface area contributed by atoms with Crippen LogP contribution in [0.4, 0.5) is 0 Å². The lowest BCUT2D eigenvalue weighted by atomic mass is 9.69. The molecular formula is C30H41Cl2N7O2. The van der Waals surface area contributed by atoms with Crippen LogP contribution in [0.2, 0.25) is 0 Å². The third-order valence-electron chi connectivity index (χ3n) is 8.19. The molecule has 1 aliphatic heterocycles. The first-order valence-corrected chi connectivity index (χ1v) is 15.4. The van der Waals surface area contributed by atoms with Gasteiger partial charge in [0.2, 0.25) is 5.91 Å². The van der Waals surface area contributed by atoms with Crippen molar-refractivity contribution in [3.05, 3.63) is 51.9 Å². The van der Waals surface area contributed by atoms with Crippen LogP contribution in [0.1, 0.15) is 79.0 Å². The number of aromatic amines is 1. The monoisotopic (exact) mass is 601 g/mol. The van der Waals surface area contributed by atoms with Crippen molar-refractivity contribution in [2.24, 2.45) is 22.7 Å². The number of amides is 2. The van der Waals surface area contributed by atoms with Crippen LogP contribution < -0.4 is 5.32 Å². The SMILES string of the molecule is CCC/C(=C\C=C(/C)CN1C(=O)C(C2=CC(Cl)=CC(Cl)C2)=N[C@@]12C[C@@H](C)CC[C@@H]2C(C)C)C(=O)NCc1nn[nH]n1. The van der Waals surface area contributed by atoms with E-state index in [-0.39, 0.29) is 29.7 Å². The maximum absolute atomic E-state index is 14.2. The highest BCUT2D eigenvalue weighted by Gasteiger charge is 2.55. The number of allylic oxidation sites excluding steroid dienone is 5. The van der Waals surface area contributed by atoms with Crippen LogP contribution in [0.5, 0.6) is 0 Å². The van der Waals surface area contributed by atoms with Crippen molar-refractivity contribution in [1.29, 1.82) is 0 Å². The van der Waals surface area contributed by atoms with Gasteiger partial charge in [-0.3, -0.25) is 14.6 Å². The summed E-state index contributed by atoms with van der Waals surface area (Å²) in [5, 5.41) is 16.8. The largest absolute Gasteiger partial charge is 0.345 e. The van der Waals surface area contributed by atoms with Crippen molar-refractivity contribution in [2.75, 3.05) is 6.54 Å². The standard InChI is InChI=1S/C30H41Cl2N7O2/c1-6-7-21(28(40)33-16-26-35-37-38-36-26)10-8-20(5)17-39-29(41)27(22-12-23(31)14-24(32)13-22)34-30(39)15-19(4)9-11-25(30)18(2)3/h8,10,12,14,18-19,24-25H,6-7,9,11,13,15-17H2,1-5H3,(H,33,40)(H,35,36,37,38)/b20-8+,21-10+/t19-,24?,25+,30-/m0/s1. The van der Waals surface area contributed by atoms with Gasteiger partial charge in [-0.15, -0.1) is 21.8 Å². The fourth-order valence-corrected chi connectivity index (χ4v) is 6.94. The van der Waals surface area contributed by atoms with E-state index < -0.39 is 5.66 Å². The number of nitrogens with one attached hydrogen (secondary N) is 2. The Bertz CT molecular complexity index is 1280. The van der Waals surface area contributed by atoms with Gasteiger partial charge in [0, 0.05) is 23.1 Å². The van der Waals surface area contributed by atoms with Gasteiger partial charge in [-0.05, 0) is 62.2 Å². The first-order valence-electron chi connectivity index (χ1n) is 14.5. The zero-order valence-corrected chi connectivity index (χ0v) is 26.1. The van der Waals surface area contributed by atoms with Gasteiger partial charge in [-0.1, -0.05) is 75.1 Å². The lowest BCUT2D eigenvalue weighted by Crippen LogP contribution is -2.56. The van der Waals surface area contributed by atoms with E-state index in [1.807, 2.05) is 37.0 Å². The Kier molecular flexibility index (Phi) is 10.2. The van der Waals surface area contributed by atoms with E-state index >= 15 is 0 Å². The molecule has 2 amide bonds. The predicted octanol–water partition coefficient (Wildman–Crippen LogP) is 5.62. The van der Waals surface area contributed by atoms with E-state index in [1.54, 1.807) is 6.08 Å². The van der Waals surface area contributed by atoms with Crippen LogP contribution in [-0.2, 0) is 16.1 Å². The lowest BCUT2D eigenvalue weighted by molar-refractivity contribution is -0.132. The van der Waals surface area contributed by atoms with Gasteiger partial charge in [-0.2, -0.15) is 5.21 Å². The average Bonchev–Trinajstić information content (AvgIpc) is 3.52. The topological polar surface area (TPSA) is 116 Å². The molecule has 2 heterocycles. The summed E-state index contributed by atoms with van der Waals surface area (Å²) < 4.78 is 0. The van der Waals surface area contributed by atoms with E-state index in [9.17, 15) is 9.59 Å². The Balaban J connectivity index is 1.63. The van der Waals surface area contributed by atoms with E-state index in [0.29, 0.717) is 53.4 Å². The van der Waals surface area contributed by atoms with Gasteiger partial charge in [0.25, 0.3) is 5.91 Å². The van der Waals surface area contributed by atoms with E-state index in [2.05, 4.69) is 46.7 Å². The Morgan fingerprint density at radius 1 is 1.32 bits per heavy atom. The third kappa shape index (κ3) is 7.17. The van der Waals surface area contributed by atoms with Crippen molar-refractivity contribution in [2.45, 2.75) is 90.7 Å². The molecule has 222 valence electrons. The number of hydrogen-bond donors (Lipinski definition) is 2. The first-order chi connectivity index (χ1) is 19.5. The highest BCUT2D eigenvalue weighted by molar-refractivity contribution is 6.47. The molecule has 2 N–H and O–H groups in total. The fourth-order valence-electron chi connectivity index (χ4n) is 6.29. The van der Waals surface area contributed by atoms with Crippen LogP contribution in [0.15, 0.2) is 51.0 Å². The molecule has 1 aromatic rings. The van der Waals surface area contributed by atoms with Crippen LogP contribution in [0, 0.1) is 17.8 Å². The molecule has 41 heavy (non-hydrogen) atoms. The summed E-state index contributed by atoms with van der Waals surface area (Å²) in [6.45, 7) is 11.3. The molecule has 0 radical (unpaired) electrons. The average molecular weight is 603 g/mol. The number of H-pyrrole nitrogens is 1. The molecule has 0 aromatic carbocycles. The van der Waals surface area contributed by atoms with Gasteiger partial charge < -0.3 is 10.2 Å². The second kappa shape index (κ2) is 13.5. The highest BCUT2D eigenvalue weighted by atomic mass is 35.5. The number of rotatable bonds is 10. The second-order valence-corrected chi connectivity index (χ2v) is 12.9. The number of tetrazole rings is 1. The Labute approximate surface area is 252 Å². The molecule has 3 aliphatic rings. The molecule has 11 heteroatoms. The summed E-state index contributed by atoms with van der Waals surface area (Å²) in [7, 11) is 0. The molecule has 1 fully saturated rings. The molecule has 0 saturated heterocycles. The fraction of sp³-hybridized carbons (Fsp3) is 0.600. The van der Waals surface area contributed by atoms with E-state index in [1.165, 1.54) is 0 Å². The Hall–Kier alpha value is -2.78. The number of carbonyl (C=O) groups is 2. The normalized spacial score (nSPS) is 27.3. The molecule has 9 nitrogen and oxygen atoms in total. The van der Waals surface area contributed by atoms with E-state index in [0.717, 1.165) is 36.8 Å². The molecular weight excluding hydrogens is 561 g/mol. The Morgan fingerprint density at radius 3 is 2.76 bits per heavy atom. The van der Waals surface area contributed by atoms with Crippen LogP contribution in [0.3, 0.4) is 0 Å². The van der Waals surface area contributed by atoms with Gasteiger partial charge in [0.15, 0.2) is 5.82 Å². The minimum Gasteiger partial charge on any atom is -0.345 e. The first kappa shape index (κ1) is 31.2. The van der Waals surface area contributed by atoms with Crippen molar-refractivity contribution >= 4 is 40.7 Å². The van der Waals surface area contributed by atoms with Crippen LogP contribution in [0.25, 0.3) is 0 Å². The third-order valence-corrected chi connectivity index (χ3v) is 8.71. The van der Waals surface area contributed by atoms with Gasteiger partial charge >= 0.3 is 0 Å². The number of halogens is 2. The molecule has 0 bridgehead atoms. The zero-order chi connectivity index (χ0) is 29.7.